The van der Waals surface area contributed by atoms with Gasteiger partial charge in [0.2, 0.25) is 0 Å². The summed E-state index contributed by atoms with van der Waals surface area (Å²) >= 11 is 0. The van der Waals surface area contributed by atoms with Crippen LogP contribution in [0.4, 0.5) is 11.6 Å². The van der Waals surface area contributed by atoms with Crippen LogP contribution in [0, 0.1) is 11.3 Å². The van der Waals surface area contributed by atoms with Crippen molar-refractivity contribution in [1.82, 2.24) is 25.2 Å². The number of fused-ring (bicyclic) bond motifs is 2. The molecule has 1 N–H and O–H groups in total. The number of likely N-dealkylation sites (tertiary alicyclic amines) is 1. The number of aromatic nitrogens is 3. The lowest BCUT2D eigenvalue weighted by atomic mass is 10.0. The highest BCUT2D eigenvalue weighted by molar-refractivity contribution is 5.92. The largest absolute Gasteiger partial charge is 0.462 e. The van der Waals surface area contributed by atoms with E-state index in [9.17, 15) is 5.26 Å². The standard InChI is InChI=1S/C28H34N8O/c1-34-14-4-6-22(34)19-37-28-32-25-18-35(26-23-7-3-2-5-20(23)9-12-31-26)15-10-24(25)27(33-28)36-16-13-30-21(17-36)8-11-29/h2-3,5,7,9,12,21-22,30H,4,6,8,10,13-19H2,1H3/t21?,22-/m0/s1. The lowest BCUT2D eigenvalue weighted by Gasteiger charge is -2.37. The van der Waals surface area contributed by atoms with Crippen molar-refractivity contribution in [2.24, 2.45) is 0 Å². The summed E-state index contributed by atoms with van der Waals surface area (Å²) < 4.78 is 6.25. The van der Waals surface area contributed by atoms with Crippen molar-refractivity contribution in [3.05, 3.63) is 47.8 Å². The van der Waals surface area contributed by atoms with Crippen molar-refractivity contribution in [2.75, 3.05) is 56.2 Å². The molecule has 3 aromatic rings. The number of anilines is 2. The van der Waals surface area contributed by atoms with Gasteiger partial charge >= 0.3 is 6.01 Å². The van der Waals surface area contributed by atoms with E-state index in [0.29, 0.717) is 31.6 Å². The molecule has 5 heterocycles. The molecule has 2 atom stereocenters. The summed E-state index contributed by atoms with van der Waals surface area (Å²) in [5.74, 6) is 1.96. The SMILES string of the molecule is CN1CCC[C@H]1COc1nc2c(c(N3CCNC(CC#N)C3)n1)CCN(c1nccc3ccccc13)C2. The molecule has 2 saturated heterocycles. The first-order chi connectivity index (χ1) is 18.2. The summed E-state index contributed by atoms with van der Waals surface area (Å²) in [7, 11) is 2.16. The Morgan fingerprint density at radius 2 is 2.03 bits per heavy atom. The summed E-state index contributed by atoms with van der Waals surface area (Å²) in [5, 5.41) is 15.1. The fourth-order valence-electron chi connectivity index (χ4n) is 5.88. The molecule has 0 saturated carbocycles. The Morgan fingerprint density at radius 3 is 2.89 bits per heavy atom. The van der Waals surface area contributed by atoms with Gasteiger partial charge in [0.05, 0.1) is 24.7 Å². The molecule has 9 heteroatoms. The number of nitrogens with one attached hydrogen (secondary N) is 1. The van der Waals surface area contributed by atoms with Crippen molar-refractivity contribution >= 4 is 22.4 Å². The van der Waals surface area contributed by atoms with E-state index in [1.807, 2.05) is 6.20 Å². The first-order valence-corrected chi connectivity index (χ1v) is 13.4. The minimum atomic E-state index is 0.140. The van der Waals surface area contributed by atoms with Crippen LogP contribution < -0.4 is 19.9 Å². The van der Waals surface area contributed by atoms with Gasteiger partial charge in [-0.15, -0.1) is 0 Å². The summed E-state index contributed by atoms with van der Waals surface area (Å²) in [5.41, 5.74) is 2.20. The van der Waals surface area contributed by atoms with E-state index in [2.05, 4.69) is 63.5 Å². The molecular formula is C28H34N8O. The minimum Gasteiger partial charge on any atom is -0.462 e. The smallest absolute Gasteiger partial charge is 0.318 e. The molecule has 37 heavy (non-hydrogen) atoms. The monoisotopic (exact) mass is 498 g/mol. The number of hydrogen-bond acceptors (Lipinski definition) is 9. The van der Waals surface area contributed by atoms with E-state index in [1.54, 1.807) is 0 Å². The molecule has 0 bridgehead atoms. The van der Waals surface area contributed by atoms with Crippen molar-refractivity contribution < 1.29 is 4.74 Å². The minimum absolute atomic E-state index is 0.140. The second-order valence-electron chi connectivity index (χ2n) is 10.3. The van der Waals surface area contributed by atoms with Crippen LogP contribution in [0.1, 0.15) is 30.5 Å². The lowest BCUT2D eigenvalue weighted by Crippen LogP contribution is -2.51. The highest BCUT2D eigenvalue weighted by Crippen LogP contribution is 2.33. The number of nitriles is 1. The van der Waals surface area contributed by atoms with Crippen LogP contribution in [0.2, 0.25) is 0 Å². The van der Waals surface area contributed by atoms with Gasteiger partial charge < -0.3 is 24.8 Å². The molecule has 1 aromatic carbocycles. The van der Waals surface area contributed by atoms with Crippen LogP contribution in [0.15, 0.2) is 36.5 Å². The number of hydrogen-bond donors (Lipinski definition) is 1. The molecule has 2 fully saturated rings. The zero-order chi connectivity index (χ0) is 25.2. The van der Waals surface area contributed by atoms with Crippen LogP contribution >= 0.6 is 0 Å². The highest BCUT2D eigenvalue weighted by atomic mass is 16.5. The number of ether oxygens (including phenoxy) is 1. The zero-order valence-electron chi connectivity index (χ0n) is 21.4. The number of piperazine rings is 1. The van der Waals surface area contributed by atoms with Crippen molar-refractivity contribution in [2.45, 2.75) is 44.3 Å². The Hall–Kier alpha value is -3.48. The molecular weight excluding hydrogens is 464 g/mol. The average Bonchev–Trinajstić information content (AvgIpc) is 3.35. The first-order valence-electron chi connectivity index (χ1n) is 13.4. The van der Waals surface area contributed by atoms with E-state index >= 15 is 0 Å². The van der Waals surface area contributed by atoms with Gasteiger partial charge in [-0.2, -0.15) is 15.2 Å². The van der Waals surface area contributed by atoms with Gasteiger partial charge in [-0.1, -0.05) is 24.3 Å². The normalized spacial score (nSPS) is 22.2. The van der Waals surface area contributed by atoms with Crippen molar-refractivity contribution in [3.63, 3.8) is 0 Å². The number of likely N-dealkylation sites (N-methyl/N-ethyl adjacent to an activating group) is 1. The van der Waals surface area contributed by atoms with Crippen LogP contribution in [0.5, 0.6) is 6.01 Å². The van der Waals surface area contributed by atoms with Gasteiger partial charge in [-0.25, -0.2) is 4.98 Å². The number of benzene rings is 1. The summed E-state index contributed by atoms with van der Waals surface area (Å²) in [6, 6.07) is 13.8. The average molecular weight is 499 g/mol. The molecule has 1 unspecified atom stereocenters. The van der Waals surface area contributed by atoms with Gasteiger partial charge in [0.1, 0.15) is 18.2 Å². The van der Waals surface area contributed by atoms with Gasteiger partial charge in [0.15, 0.2) is 0 Å². The third-order valence-electron chi connectivity index (χ3n) is 7.94. The fraction of sp³-hybridized carbons (Fsp3) is 0.500. The molecule has 2 aromatic heterocycles. The Kier molecular flexibility index (Phi) is 6.77. The van der Waals surface area contributed by atoms with E-state index in [1.165, 1.54) is 17.4 Å². The molecule has 0 aliphatic carbocycles. The second kappa shape index (κ2) is 10.5. The van der Waals surface area contributed by atoms with Gasteiger partial charge in [-0.3, -0.25) is 0 Å². The highest BCUT2D eigenvalue weighted by Gasteiger charge is 2.30. The number of pyridine rings is 1. The third kappa shape index (κ3) is 4.91. The second-order valence-corrected chi connectivity index (χ2v) is 10.3. The van der Waals surface area contributed by atoms with Crippen molar-refractivity contribution in [3.8, 4) is 12.1 Å². The van der Waals surface area contributed by atoms with E-state index in [0.717, 1.165) is 68.3 Å². The van der Waals surface area contributed by atoms with E-state index in [4.69, 9.17) is 19.7 Å². The van der Waals surface area contributed by atoms with Crippen LogP contribution in [-0.2, 0) is 13.0 Å². The van der Waals surface area contributed by atoms with E-state index in [-0.39, 0.29) is 6.04 Å². The molecule has 0 radical (unpaired) electrons. The lowest BCUT2D eigenvalue weighted by molar-refractivity contribution is 0.187. The number of nitrogens with zero attached hydrogens (tertiary/aromatic N) is 7. The molecule has 3 aliphatic rings. The first kappa shape index (κ1) is 23.9. The maximum absolute atomic E-state index is 9.25. The molecule has 6 rings (SSSR count). The summed E-state index contributed by atoms with van der Waals surface area (Å²) in [6.45, 7) is 5.67. The Labute approximate surface area is 218 Å². The molecule has 0 amide bonds. The Morgan fingerprint density at radius 1 is 1.11 bits per heavy atom. The van der Waals surface area contributed by atoms with Crippen LogP contribution in [0.25, 0.3) is 10.8 Å². The molecule has 3 aliphatic heterocycles. The zero-order valence-corrected chi connectivity index (χ0v) is 21.4. The van der Waals surface area contributed by atoms with Crippen molar-refractivity contribution in [1.29, 1.82) is 5.26 Å². The van der Waals surface area contributed by atoms with Crippen LogP contribution in [0.3, 0.4) is 0 Å². The summed E-state index contributed by atoms with van der Waals surface area (Å²) in [4.78, 5) is 21.7. The number of rotatable bonds is 6. The van der Waals surface area contributed by atoms with Gasteiger partial charge in [-0.05, 0) is 44.3 Å². The topological polar surface area (TPSA) is 93.4 Å². The molecule has 0 spiro atoms. The van der Waals surface area contributed by atoms with E-state index < -0.39 is 0 Å². The van der Waals surface area contributed by atoms with Gasteiger partial charge in [0.25, 0.3) is 0 Å². The fourth-order valence-corrected chi connectivity index (χ4v) is 5.88. The Balaban J connectivity index is 1.32. The predicted octanol–water partition coefficient (Wildman–Crippen LogP) is 2.75. The maximum Gasteiger partial charge on any atom is 0.318 e. The maximum atomic E-state index is 9.25. The quantitative estimate of drug-likeness (QED) is 0.551. The summed E-state index contributed by atoms with van der Waals surface area (Å²) in [6.07, 6.45) is 5.56. The molecule has 9 nitrogen and oxygen atoms in total. The van der Waals surface area contributed by atoms with Crippen LogP contribution in [-0.4, -0.2) is 78.3 Å². The third-order valence-corrected chi connectivity index (χ3v) is 7.94. The predicted molar refractivity (Wildman–Crippen MR) is 144 cm³/mol. The van der Waals surface area contributed by atoms with Gasteiger partial charge in [0, 0.05) is 55.4 Å². The molecule has 192 valence electrons. The Bertz CT molecular complexity index is 1300.